The van der Waals surface area contributed by atoms with Gasteiger partial charge in [-0.3, -0.25) is 0 Å². The molecule has 0 amide bonds. The zero-order valence-corrected chi connectivity index (χ0v) is 21.0. The van der Waals surface area contributed by atoms with Gasteiger partial charge >= 0.3 is 0 Å². The zero-order chi connectivity index (χ0) is 24.4. The van der Waals surface area contributed by atoms with Gasteiger partial charge in [0, 0.05) is 16.1 Å². The Bertz CT molecular complexity index is 1390. The summed E-state index contributed by atoms with van der Waals surface area (Å²) >= 11 is 6.04. The molecule has 35 heavy (non-hydrogen) atoms. The molecule has 6 nitrogen and oxygen atoms in total. The molecule has 2 heterocycles. The highest BCUT2D eigenvalue weighted by Crippen LogP contribution is 2.35. The Labute approximate surface area is 210 Å². The largest absolute Gasteiger partial charge is 0.419 e. The summed E-state index contributed by atoms with van der Waals surface area (Å²) in [6.45, 7) is 5.96. The minimum absolute atomic E-state index is 0.0437. The van der Waals surface area contributed by atoms with E-state index in [-0.39, 0.29) is 15.8 Å². The predicted octanol–water partition coefficient (Wildman–Crippen LogP) is 4.04. The average Bonchev–Trinajstić information content (AvgIpc) is 3.32. The van der Waals surface area contributed by atoms with Crippen LogP contribution in [-0.2, 0) is 16.4 Å². The van der Waals surface area contributed by atoms with Gasteiger partial charge in [0.15, 0.2) is 0 Å². The highest BCUT2D eigenvalue weighted by Gasteiger charge is 2.33. The van der Waals surface area contributed by atoms with Crippen LogP contribution in [0.1, 0.15) is 11.1 Å². The minimum Gasteiger partial charge on any atom is -0.419 e. The first kappa shape index (κ1) is 23.6. The van der Waals surface area contributed by atoms with Gasteiger partial charge in [-0.1, -0.05) is 59.6 Å². The van der Waals surface area contributed by atoms with Gasteiger partial charge in [0.05, 0.1) is 31.1 Å². The molecule has 180 valence electrons. The van der Waals surface area contributed by atoms with Crippen molar-refractivity contribution in [1.29, 1.82) is 0 Å². The fourth-order valence-corrected chi connectivity index (χ4v) is 5.75. The van der Waals surface area contributed by atoms with Crippen LogP contribution >= 0.6 is 11.6 Å². The van der Waals surface area contributed by atoms with E-state index in [0.717, 1.165) is 25.2 Å². The standard InChI is InChI=1S/C27H26ClN3O3S/c1-20-7-13-24(14-8-20)35(32,33)26-27(34-25(29-26)22-9-11-23(28)12-10-22)31-17-15-30(16-18-31)19-21-5-3-2-4-6-21/h2-14H,15-19H2,1H3/p+1. The molecule has 0 saturated carbocycles. The van der Waals surface area contributed by atoms with E-state index in [1.807, 2.05) is 17.9 Å². The maximum atomic E-state index is 13.6. The van der Waals surface area contributed by atoms with E-state index in [0.29, 0.717) is 29.6 Å². The Morgan fingerprint density at radius 3 is 2.26 bits per heavy atom. The van der Waals surface area contributed by atoms with Crippen molar-refractivity contribution in [3.8, 4) is 11.5 Å². The van der Waals surface area contributed by atoms with Gasteiger partial charge in [-0.2, -0.15) is 4.98 Å². The molecule has 1 aliphatic rings. The van der Waals surface area contributed by atoms with Crippen LogP contribution in [0.25, 0.3) is 11.5 Å². The van der Waals surface area contributed by atoms with Crippen LogP contribution < -0.4 is 9.80 Å². The molecule has 0 bridgehead atoms. The lowest BCUT2D eigenvalue weighted by Crippen LogP contribution is -3.13. The number of sulfone groups is 1. The van der Waals surface area contributed by atoms with Crippen molar-refractivity contribution in [1.82, 2.24) is 4.98 Å². The second-order valence-electron chi connectivity index (χ2n) is 8.85. The fourth-order valence-electron chi connectivity index (χ4n) is 4.31. The summed E-state index contributed by atoms with van der Waals surface area (Å²) in [6.07, 6.45) is 0. The molecule has 5 rings (SSSR count). The molecule has 8 heteroatoms. The van der Waals surface area contributed by atoms with E-state index in [4.69, 9.17) is 16.0 Å². The number of aryl methyl sites for hydroxylation is 1. The van der Waals surface area contributed by atoms with E-state index in [2.05, 4.69) is 29.2 Å². The molecule has 1 saturated heterocycles. The molecular formula is C27H27ClN3O3S+. The first-order valence-electron chi connectivity index (χ1n) is 11.6. The average molecular weight is 509 g/mol. The lowest BCUT2D eigenvalue weighted by molar-refractivity contribution is -0.914. The van der Waals surface area contributed by atoms with E-state index < -0.39 is 9.84 Å². The maximum Gasteiger partial charge on any atom is 0.236 e. The second kappa shape index (κ2) is 9.85. The van der Waals surface area contributed by atoms with E-state index in [1.165, 1.54) is 10.5 Å². The second-order valence-corrected chi connectivity index (χ2v) is 11.2. The number of oxazole rings is 1. The van der Waals surface area contributed by atoms with E-state index >= 15 is 0 Å². The highest BCUT2D eigenvalue weighted by atomic mass is 35.5. The van der Waals surface area contributed by atoms with E-state index in [1.54, 1.807) is 48.5 Å². The number of benzene rings is 3. The van der Waals surface area contributed by atoms with Gasteiger partial charge in [0.25, 0.3) is 0 Å². The Kier molecular flexibility index (Phi) is 6.65. The SMILES string of the molecule is Cc1ccc(S(=O)(=O)c2nc(-c3ccc(Cl)cc3)oc2N2CC[NH+](Cc3ccccc3)CC2)cc1. The number of halogens is 1. The first-order valence-corrected chi connectivity index (χ1v) is 13.5. The summed E-state index contributed by atoms with van der Waals surface area (Å²) in [4.78, 5) is 8.15. The fraction of sp³-hybridized carbons (Fsp3) is 0.222. The third-order valence-electron chi connectivity index (χ3n) is 6.31. The number of aromatic nitrogens is 1. The van der Waals surface area contributed by atoms with Crippen molar-refractivity contribution in [3.05, 3.63) is 95.0 Å². The van der Waals surface area contributed by atoms with Crippen LogP contribution in [0.5, 0.6) is 0 Å². The number of piperazine rings is 1. The third-order valence-corrected chi connectivity index (χ3v) is 8.23. The molecule has 0 aliphatic carbocycles. The maximum absolute atomic E-state index is 13.6. The van der Waals surface area contributed by atoms with Crippen LogP contribution in [0.2, 0.25) is 5.02 Å². The molecule has 1 N–H and O–H groups in total. The van der Waals surface area contributed by atoms with E-state index in [9.17, 15) is 8.42 Å². The van der Waals surface area contributed by atoms with Crippen LogP contribution in [0.3, 0.4) is 0 Å². The van der Waals surface area contributed by atoms with Crippen molar-refractivity contribution in [2.24, 2.45) is 0 Å². The number of hydrogen-bond acceptors (Lipinski definition) is 5. The predicted molar refractivity (Wildman–Crippen MR) is 137 cm³/mol. The highest BCUT2D eigenvalue weighted by molar-refractivity contribution is 7.91. The Hall–Kier alpha value is -3.13. The molecule has 1 aromatic heterocycles. The van der Waals surface area contributed by atoms with Crippen LogP contribution in [0.4, 0.5) is 5.88 Å². The van der Waals surface area contributed by atoms with Crippen molar-refractivity contribution in [2.45, 2.75) is 23.4 Å². The van der Waals surface area contributed by atoms with Gasteiger partial charge < -0.3 is 14.2 Å². The molecule has 0 atom stereocenters. The summed E-state index contributed by atoms with van der Waals surface area (Å²) < 4.78 is 33.4. The number of nitrogens with zero attached hydrogens (tertiary/aromatic N) is 2. The monoisotopic (exact) mass is 508 g/mol. The number of rotatable bonds is 6. The Balaban J connectivity index is 1.46. The Morgan fingerprint density at radius 1 is 0.943 bits per heavy atom. The molecule has 4 aromatic rings. The summed E-state index contributed by atoms with van der Waals surface area (Å²) in [5.41, 5.74) is 2.96. The normalized spacial score (nSPS) is 14.9. The summed E-state index contributed by atoms with van der Waals surface area (Å²) in [7, 11) is -3.87. The van der Waals surface area contributed by atoms with Crippen molar-refractivity contribution < 1.29 is 17.7 Å². The van der Waals surface area contributed by atoms with Gasteiger partial charge in [-0.15, -0.1) is 0 Å². The molecule has 0 unspecified atom stereocenters. The van der Waals surface area contributed by atoms with Gasteiger partial charge in [0.2, 0.25) is 26.6 Å². The molecule has 1 aliphatic heterocycles. The van der Waals surface area contributed by atoms with Crippen molar-refractivity contribution in [3.63, 3.8) is 0 Å². The lowest BCUT2D eigenvalue weighted by Gasteiger charge is -2.32. The summed E-state index contributed by atoms with van der Waals surface area (Å²) in [6, 6.07) is 24.3. The van der Waals surface area contributed by atoms with Gasteiger partial charge in [-0.05, 0) is 43.3 Å². The molecule has 0 spiro atoms. The number of nitrogens with one attached hydrogen (secondary N) is 1. The smallest absolute Gasteiger partial charge is 0.236 e. The van der Waals surface area contributed by atoms with Crippen molar-refractivity contribution in [2.75, 3.05) is 31.1 Å². The quantitative estimate of drug-likeness (QED) is 0.426. The number of hydrogen-bond donors (Lipinski definition) is 1. The topological polar surface area (TPSA) is 67.9 Å². The lowest BCUT2D eigenvalue weighted by atomic mass is 10.2. The summed E-state index contributed by atoms with van der Waals surface area (Å²) in [5, 5.41) is 0.545. The first-order chi connectivity index (χ1) is 16.9. The summed E-state index contributed by atoms with van der Waals surface area (Å²) in [5.74, 6) is 0.565. The minimum atomic E-state index is -3.87. The zero-order valence-electron chi connectivity index (χ0n) is 19.4. The Morgan fingerprint density at radius 2 is 1.60 bits per heavy atom. The number of quaternary nitrogens is 1. The van der Waals surface area contributed by atoms with Gasteiger partial charge in [-0.25, -0.2) is 8.42 Å². The van der Waals surface area contributed by atoms with Crippen LogP contribution in [0, 0.1) is 6.92 Å². The van der Waals surface area contributed by atoms with Crippen LogP contribution in [0.15, 0.2) is 93.2 Å². The van der Waals surface area contributed by atoms with Gasteiger partial charge in [0.1, 0.15) is 6.54 Å². The number of anilines is 1. The third kappa shape index (κ3) is 5.12. The molecule has 1 fully saturated rings. The molecule has 0 radical (unpaired) electrons. The molecular weight excluding hydrogens is 482 g/mol. The van der Waals surface area contributed by atoms with Crippen molar-refractivity contribution >= 4 is 27.3 Å². The molecule has 3 aromatic carbocycles. The van der Waals surface area contributed by atoms with Crippen LogP contribution in [-0.4, -0.2) is 39.6 Å².